The molecule has 0 rings (SSSR count). The van der Waals surface area contributed by atoms with Gasteiger partial charge in [-0.15, -0.1) is 0 Å². The van der Waals surface area contributed by atoms with Gasteiger partial charge in [-0.25, -0.2) is 4.79 Å². The molecular weight excluding hydrogens is 200 g/mol. The molecule has 0 radical (unpaired) electrons. The van der Waals surface area contributed by atoms with Crippen LogP contribution in [0.15, 0.2) is 0 Å². The van der Waals surface area contributed by atoms with Gasteiger partial charge in [-0.05, 0) is 20.3 Å². The van der Waals surface area contributed by atoms with Gasteiger partial charge in [-0.1, -0.05) is 6.92 Å². The zero-order chi connectivity index (χ0) is 12.2. The molecule has 0 saturated heterocycles. The van der Waals surface area contributed by atoms with Crippen LogP contribution in [0, 0.1) is 0 Å². The van der Waals surface area contributed by atoms with Crippen molar-refractivity contribution in [2.45, 2.75) is 44.9 Å². The third-order valence-electron chi connectivity index (χ3n) is 2.29. The second-order valence-corrected chi connectivity index (χ2v) is 3.80. The molecule has 88 valence electrons. The van der Waals surface area contributed by atoms with Gasteiger partial charge in [-0.3, -0.25) is 4.79 Å². The smallest absolute Gasteiger partial charge is 0.328 e. The Morgan fingerprint density at radius 1 is 1.53 bits per heavy atom. The van der Waals surface area contributed by atoms with E-state index in [-0.39, 0.29) is 0 Å². The summed E-state index contributed by atoms with van der Waals surface area (Å²) in [7, 11) is 0. The van der Waals surface area contributed by atoms with Gasteiger partial charge in [0.05, 0.1) is 11.6 Å². The number of aliphatic carboxylic acids is 1. The Morgan fingerprint density at radius 3 is 2.27 bits per heavy atom. The maximum Gasteiger partial charge on any atom is 0.328 e. The number of carbonyl (C=O) groups is 2. The van der Waals surface area contributed by atoms with Crippen LogP contribution in [0.3, 0.4) is 0 Å². The SMILES string of the molecule is CCC(C)(N)C(=O)N[C@H](C(=O)O)[C@@H](C)O. The molecular formula is C9H18N2O4. The van der Waals surface area contributed by atoms with Crippen LogP contribution in [0.4, 0.5) is 0 Å². The Balaban J connectivity index is 4.57. The standard InChI is InChI=1S/C9H18N2O4/c1-4-9(3,10)8(15)11-6(5(2)12)7(13)14/h5-6,12H,4,10H2,1-3H3,(H,11,15)(H,13,14)/t5-,6+,9?/m1/s1. The number of nitrogens with two attached hydrogens (primary N) is 1. The van der Waals surface area contributed by atoms with E-state index in [1.54, 1.807) is 6.92 Å². The van der Waals surface area contributed by atoms with Gasteiger partial charge >= 0.3 is 5.97 Å². The minimum atomic E-state index is -1.33. The number of hydrogen-bond acceptors (Lipinski definition) is 4. The van der Waals surface area contributed by atoms with E-state index >= 15 is 0 Å². The molecule has 1 amide bonds. The van der Waals surface area contributed by atoms with Crippen molar-refractivity contribution in [1.29, 1.82) is 0 Å². The summed E-state index contributed by atoms with van der Waals surface area (Å²) in [5.74, 6) is -1.87. The monoisotopic (exact) mass is 218 g/mol. The van der Waals surface area contributed by atoms with E-state index in [9.17, 15) is 9.59 Å². The van der Waals surface area contributed by atoms with E-state index in [0.29, 0.717) is 6.42 Å². The second-order valence-electron chi connectivity index (χ2n) is 3.80. The molecule has 6 heteroatoms. The summed E-state index contributed by atoms with van der Waals surface area (Å²) in [6.07, 6.45) is -0.788. The Kier molecular flexibility index (Phi) is 4.70. The molecule has 0 aromatic heterocycles. The van der Waals surface area contributed by atoms with Gasteiger partial charge in [0.2, 0.25) is 5.91 Å². The zero-order valence-electron chi connectivity index (χ0n) is 9.15. The Bertz CT molecular complexity index is 250. The fourth-order valence-electron chi connectivity index (χ4n) is 0.855. The highest BCUT2D eigenvalue weighted by Crippen LogP contribution is 2.05. The maximum atomic E-state index is 11.5. The number of hydrogen-bond donors (Lipinski definition) is 4. The molecule has 0 fully saturated rings. The van der Waals surface area contributed by atoms with Gasteiger partial charge < -0.3 is 21.3 Å². The van der Waals surface area contributed by atoms with Crippen LogP contribution in [0.2, 0.25) is 0 Å². The molecule has 0 heterocycles. The number of carboxylic acid groups (broad SMARTS) is 1. The molecule has 0 aromatic carbocycles. The second kappa shape index (κ2) is 5.09. The lowest BCUT2D eigenvalue weighted by molar-refractivity contribution is -0.145. The first kappa shape index (κ1) is 13.9. The van der Waals surface area contributed by atoms with Crippen LogP contribution in [-0.2, 0) is 9.59 Å². The van der Waals surface area contributed by atoms with Crippen LogP contribution < -0.4 is 11.1 Å². The molecule has 0 aliphatic heterocycles. The van der Waals surface area contributed by atoms with Crippen molar-refractivity contribution in [2.24, 2.45) is 5.73 Å². The molecule has 3 atom stereocenters. The van der Waals surface area contributed by atoms with Crippen LogP contribution in [0.5, 0.6) is 0 Å². The average Bonchev–Trinajstić information content (AvgIpc) is 2.12. The van der Waals surface area contributed by atoms with Gasteiger partial charge in [0.1, 0.15) is 0 Å². The Labute approximate surface area is 88.5 Å². The van der Waals surface area contributed by atoms with Crippen LogP contribution >= 0.6 is 0 Å². The molecule has 15 heavy (non-hydrogen) atoms. The number of rotatable bonds is 5. The molecule has 0 aliphatic rings. The quantitative estimate of drug-likeness (QED) is 0.476. The molecule has 6 nitrogen and oxygen atoms in total. The summed E-state index contributed by atoms with van der Waals surface area (Å²) in [5, 5.41) is 20.0. The molecule has 0 spiro atoms. The zero-order valence-corrected chi connectivity index (χ0v) is 9.15. The number of aliphatic hydroxyl groups is 1. The van der Waals surface area contributed by atoms with E-state index in [1.807, 2.05) is 0 Å². The predicted octanol–water partition coefficient (Wildman–Crippen LogP) is -0.936. The third kappa shape index (κ3) is 3.85. The number of nitrogens with one attached hydrogen (secondary N) is 1. The number of carboxylic acids is 1. The number of carbonyl (C=O) groups excluding carboxylic acids is 1. The summed E-state index contributed by atoms with van der Waals surface area (Å²) >= 11 is 0. The fraction of sp³-hybridized carbons (Fsp3) is 0.778. The van der Waals surface area contributed by atoms with Crippen molar-refractivity contribution < 1.29 is 19.8 Å². The topological polar surface area (TPSA) is 113 Å². The van der Waals surface area contributed by atoms with Crippen molar-refractivity contribution in [3.63, 3.8) is 0 Å². The van der Waals surface area contributed by atoms with E-state index in [2.05, 4.69) is 5.32 Å². The van der Waals surface area contributed by atoms with Crippen molar-refractivity contribution >= 4 is 11.9 Å². The van der Waals surface area contributed by atoms with Gasteiger partial charge in [0, 0.05) is 0 Å². The minimum Gasteiger partial charge on any atom is -0.480 e. The molecule has 1 unspecified atom stereocenters. The highest BCUT2D eigenvalue weighted by molar-refractivity contribution is 5.89. The summed E-state index contributed by atoms with van der Waals surface area (Å²) in [6.45, 7) is 4.51. The lowest BCUT2D eigenvalue weighted by atomic mass is 9.98. The third-order valence-corrected chi connectivity index (χ3v) is 2.29. The minimum absolute atomic E-state index is 0.380. The van der Waals surface area contributed by atoms with Crippen LogP contribution in [0.1, 0.15) is 27.2 Å². The number of amides is 1. The Hall–Kier alpha value is -1.14. The molecule has 5 N–H and O–H groups in total. The van der Waals surface area contributed by atoms with E-state index in [0.717, 1.165) is 0 Å². The molecule has 0 bridgehead atoms. The number of aliphatic hydroxyl groups excluding tert-OH is 1. The highest BCUT2D eigenvalue weighted by Gasteiger charge is 2.32. The first-order valence-electron chi connectivity index (χ1n) is 4.73. The summed E-state index contributed by atoms with van der Waals surface area (Å²) in [4.78, 5) is 22.2. The lowest BCUT2D eigenvalue weighted by Gasteiger charge is -2.25. The van der Waals surface area contributed by atoms with E-state index in [1.165, 1.54) is 13.8 Å². The van der Waals surface area contributed by atoms with Gasteiger partial charge in [0.15, 0.2) is 6.04 Å². The van der Waals surface area contributed by atoms with Crippen LogP contribution in [0.25, 0.3) is 0 Å². The largest absolute Gasteiger partial charge is 0.480 e. The van der Waals surface area contributed by atoms with Gasteiger partial charge in [-0.2, -0.15) is 0 Å². The van der Waals surface area contributed by atoms with Crippen molar-refractivity contribution in [3.05, 3.63) is 0 Å². The molecule has 0 aromatic rings. The predicted molar refractivity (Wildman–Crippen MR) is 54.1 cm³/mol. The molecule has 0 saturated carbocycles. The first-order chi connectivity index (χ1) is 6.72. The average molecular weight is 218 g/mol. The van der Waals surface area contributed by atoms with Crippen molar-refractivity contribution in [3.8, 4) is 0 Å². The molecule has 0 aliphatic carbocycles. The van der Waals surface area contributed by atoms with E-state index < -0.39 is 29.6 Å². The summed E-state index contributed by atoms with van der Waals surface area (Å²) < 4.78 is 0. The van der Waals surface area contributed by atoms with Gasteiger partial charge in [0.25, 0.3) is 0 Å². The summed E-state index contributed by atoms with van der Waals surface area (Å²) in [5.41, 5.74) is 4.50. The van der Waals surface area contributed by atoms with Crippen molar-refractivity contribution in [2.75, 3.05) is 0 Å². The lowest BCUT2D eigenvalue weighted by Crippen LogP contribution is -2.57. The van der Waals surface area contributed by atoms with E-state index in [4.69, 9.17) is 15.9 Å². The maximum absolute atomic E-state index is 11.5. The normalized spacial score (nSPS) is 18.7. The van der Waals surface area contributed by atoms with Crippen molar-refractivity contribution in [1.82, 2.24) is 5.32 Å². The Morgan fingerprint density at radius 2 is 2.00 bits per heavy atom. The highest BCUT2D eigenvalue weighted by atomic mass is 16.4. The fourth-order valence-corrected chi connectivity index (χ4v) is 0.855. The van der Waals surface area contributed by atoms with Crippen LogP contribution in [-0.4, -0.2) is 39.8 Å². The first-order valence-corrected chi connectivity index (χ1v) is 4.73. The summed E-state index contributed by atoms with van der Waals surface area (Å²) in [6, 6.07) is -1.33.